The van der Waals surface area contributed by atoms with E-state index in [-0.39, 0.29) is 10.3 Å². The summed E-state index contributed by atoms with van der Waals surface area (Å²) in [7, 11) is 0. The van der Waals surface area contributed by atoms with E-state index >= 15 is 0 Å². The van der Waals surface area contributed by atoms with Crippen LogP contribution in [-0.4, -0.2) is 20.0 Å². The van der Waals surface area contributed by atoms with Crippen LogP contribution in [0.5, 0.6) is 0 Å². The largest absolute Gasteiger partial charge is 0.200 e. The van der Waals surface area contributed by atoms with Crippen LogP contribution in [0.3, 0.4) is 0 Å². The lowest BCUT2D eigenvalue weighted by molar-refractivity contribution is 0.626. The van der Waals surface area contributed by atoms with Gasteiger partial charge in [0.25, 0.3) is 0 Å². The van der Waals surface area contributed by atoms with E-state index in [1.54, 1.807) is 12.1 Å². The van der Waals surface area contributed by atoms with Crippen molar-refractivity contribution in [2.45, 2.75) is 20.3 Å². The fraction of sp³-hybridized carbons (Fsp3) is 0.333. The van der Waals surface area contributed by atoms with Gasteiger partial charge in [0.05, 0.1) is 5.69 Å². The first kappa shape index (κ1) is 13.8. The molecule has 2 heterocycles. The van der Waals surface area contributed by atoms with Crippen molar-refractivity contribution in [3.63, 3.8) is 0 Å². The molecule has 0 saturated heterocycles. The predicted octanol–water partition coefficient (Wildman–Crippen LogP) is 3.04. The van der Waals surface area contributed by atoms with E-state index in [0.29, 0.717) is 29.4 Å². The number of rotatable bonds is 3. The Kier molecular flexibility index (Phi) is 4.03. The molecule has 7 heteroatoms. The first-order valence-corrected chi connectivity index (χ1v) is 6.45. The molecule has 0 N–H and O–H groups in total. The molecule has 0 aliphatic heterocycles. The maximum atomic E-state index is 9.17. The van der Waals surface area contributed by atoms with Crippen LogP contribution in [-0.2, 0) is 6.42 Å². The number of hydrogen-bond acceptors (Lipinski definition) is 4. The predicted molar refractivity (Wildman–Crippen MR) is 72.4 cm³/mol. The molecule has 19 heavy (non-hydrogen) atoms. The van der Waals surface area contributed by atoms with Crippen LogP contribution in [0.4, 0.5) is 0 Å². The first-order valence-electron chi connectivity index (χ1n) is 5.70. The smallest absolute Gasteiger partial charge is 0.177 e. The fourth-order valence-electron chi connectivity index (χ4n) is 1.65. The van der Waals surface area contributed by atoms with Gasteiger partial charge in [0.15, 0.2) is 16.1 Å². The van der Waals surface area contributed by atoms with Gasteiger partial charge >= 0.3 is 0 Å². The van der Waals surface area contributed by atoms with Gasteiger partial charge in [-0.05, 0) is 24.5 Å². The van der Waals surface area contributed by atoms with Crippen LogP contribution in [0, 0.1) is 17.2 Å². The molecular weight excluding hydrogens is 285 g/mol. The van der Waals surface area contributed by atoms with E-state index in [1.165, 1.54) is 4.68 Å². The van der Waals surface area contributed by atoms with Crippen LogP contribution >= 0.6 is 23.2 Å². The molecule has 0 unspecified atom stereocenters. The molecular formula is C12H11Cl2N5. The second-order valence-corrected chi connectivity index (χ2v) is 5.19. The molecule has 2 aromatic rings. The van der Waals surface area contributed by atoms with Gasteiger partial charge in [-0.1, -0.05) is 37.0 Å². The highest BCUT2D eigenvalue weighted by atomic mass is 35.5. The minimum atomic E-state index is 0.245. The van der Waals surface area contributed by atoms with Crippen LogP contribution in [0.1, 0.15) is 25.1 Å². The SMILES string of the molecule is CC(C)Cc1nn(-c2ccc(Cl)nn2)c(Cl)c1C#N. The Morgan fingerprint density at radius 2 is 2.05 bits per heavy atom. The summed E-state index contributed by atoms with van der Waals surface area (Å²) in [5.41, 5.74) is 1.05. The zero-order valence-electron chi connectivity index (χ0n) is 10.4. The van der Waals surface area contributed by atoms with Gasteiger partial charge in [-0.2, -0.15) is 10.4 Å². The van der Waals surface area contributed by atoms with Gasteiger partial charge in [0.2, 0.25) is 0 Å². The second-order valence-electron chi connectivity index (χ2n) is 4.45. The van der Waals surface area contributed by atoms with Crippen molar-refractivity contribution in [1.82, 2.24) is 20.0 Å². The van der Waals surface area contributed by atoms with Crippen molar-refractivity contribution in [2.75, 3.05) is 0 Å². The van der Waals surface area contributed by atoms with Gasteiger partial charge in [0, 0.05) is 0 Å². The van der Waals surface area contributed by atoms with E-state index in [0.717, 1.165) is 0 Å². The Labute approximate surface area is 120 Å². The van der Waals surface area contributed by atoms with Crippen molar-refractivity contribution < 1.29 is 0 Å². The normalized spacial score (nSPS) is 10.7. The highest BCUT2D eigenvalue weighted by molar-refractivity contribution is 6.31. The van der Waals surface area contributed by atoms with E-state index < -0.39 is 0 Å². The number of hydrogen-bond donors (Lipinski definition) is 0. The Morgan fingerprint density at radius 1 is 1.32 bits per heavy atom. The highest BCUT2D eigenvalue weighted by Crippen LogP contribution is 2.24. The van der Waals surface area contributed by atoms with E-state index in [2.05, 4.69) is 35.2 Å². The molecule has 0 amide bonds. The quantitative estimate of drug-likeness (QED) is 0.873. The maximum Gasteiger partial charge on any atom is 0.177 e. The summed E-state index contributed by atoms with van der Waals surface area (Å²) in [6.45, 7) is 4.10. The van der Waals surface area contributed by atoms with Crippen molar-refractivity contribution >= 4 is 23.2 Å². The summed E-state index contributed by atoms with van der Waals surface area (Å²) in [5.74, 6) is 0.809. The van der Waals surface area contributed by atoms with Crippen molar-refractivity contribution in [3.05, 3.63) is 33.7 Å². The molecule has 98 valence electrons. The summed E-state index contributed by atoms with van der Waals surface area (Å²) in [6, 6.07) is 5.32. The van der Waals surface area contributed by atoms with Gasteiger partial charge < -0.3 is 0 Å². The van der Waals surface area contributed by atoms with Gasteiger partial charge in [-0.15, -0.1) is 10.2 Å². The Bertz CT molecular complexity index is 625. The lowest BCUT2D eigenvalue weighted by Crippen LogP contribution is -2.02. The van der Waals surface area contributed by atoms with Crippen molar-refractivity contribution in [2.24, 2.45) is 5.92 Å². The van der Waals surface area contributed by atoms with Crippen LogP contribution in [0.15, 0.2) is 12.1 Å². The molecule has 0 radical (unpaired) electrons. The average Bonchev–Trinajstić information content (AvgIpc) is 2.66. The topological polar surface area (TPSA) is 67.4 Å². The number of aromatic nitrogens is 4. The average molecular weight is 296 g/mol. The summed E-state index contributed by atoms with van der Waals surface area (Å²) >= 11 is 11.8. The zero-order valence-corrected chi connectivity index (χ0v) is 11.9. The summed E-state index contributed by atoms with van der Waals surface area (Å²) in [5, 5.41) is 21.7. The molecule has 0 saturated carbocycles. The lowest BCUT2D eigenvalue weighted by Gasteiger charge is -2.01. The highest BCUT2D eigenvalue weighted by Gasteiger charge is 2.18. The van der Waals surface area contributed by atoms with E-state index in [9.17, 15) is 5.26 Å². The Morgan fingerprint density at radius 3 is 2.58 bits per heavy atom. The minimum Gasteiger partial charge on any atom is -0.200 e. The van der Waals surface area contributed by atoms with E-state index in [4.69, 9.17) is 23.2 Å². The van der Waals surface area contributed by atoms with Gasteiger partial charge in [0.1, 0.15) is 11.6 Å². The summed E-state index contributed by atoms with van der Waals surface area (Å²) in [6.07, 6.45) is 0.677. The first-order chi connectivity index (χ1) is 9.02. The molecule has 0 bridgehead atoms. The van der Waals surface area contributed by atoms with Crippen LogP contribution < -0.4 is 0 Å². The standard InChI is InChI=1S/C12H11Cl2N5/c1-7(2)5-9-8(6-15)12(14)19(18-9)11-4-3-10(13)16-17-11/h3-4,7H,5H2,1-2H3. The Balaban J connectivity index is 2.50. The van der Waals surface area contributed by atoms with Crippen molar-refractivity contribution in [3.8, 4) is 11.9 Å². The maximum absolute atomic E-state index is 9.17. The van der Waals surface area contributed by atoms with Gasteiger partial charge in [-0.25, -0.2) is 4.68 Å². The third-order valence-corrected chi connectivity index (χ3v) is 3.00. The zero-order chi connectivity index (χ0) is 14.0. The molecule has 0 aliphatic carbocycles. The number of nitrogens with zero attached hydrogens (tertiary/aromatic N) is 5. The number of nitriles is 1. The van der Waals surface area contributed by atoms with Gasteiger partial charge in [-0.3, -0.25) is 0 Å². The minimum absolute atomic E-state index is 0.245. The molecule has 0 aromatic carbocycles. The lowest BCUT2D eigenvalue weighted by atomic mass is 10.1. The molecule has 2 rings (SSSR count). The van der Waals surface area contributed by atoms with E-state index in [1.807, 2.05) is 0 Å². The molecule has 0 aliphatic rings. The molecule has 0 fully saturated rings. The molecule has 0 atom stereocenters. The van der Waals surface area contributed by atoms with Crippen LogP contribution in [0.25, 0.3) is 5.82 Å². The summed E-state index contributed by atoms with van der Waals surface area (Å²) in [4.78, 5) is 0. The number of halogens is 2. The fourth-order valence-corrected chi connectivity index (χ4v) is 2.03. The second kappa shape index (κ2) is 5.55. The third kappa shape index (κ3) is 2.86. The monoisotopic (exact) mass is 295 g/mol. The molecule has 2 aromatic heterocycles. The summed E-state index contributed by atoms with van der Waals surface area (Å²) < 4.78 is 1.40. The third-order valence-electron chi connectivity index (χ3n) is 2.45. The molecule has 0 spiro atoms. The van der Waals surface area contributed by atoms with Crippen molar-refractivity contribution in [1.29, 1.82) is 5.26 Å². The Hall–Kier alpha value is -1.64. The van der Waals surface area contributed by atoms with Crippen LogP contribution in [0.2, 0.25) is 10.3 Å². The molecule has 5 nitrogen and oxygen atoms in total.